The first-order chi connectivity index (χ1) is 9.11. The van der Waals surface area contributed by atoms with Crippen molar-refractivity contribution in [3.63, 3.8) is 0 Å². The number of nitrogens with zero attached hydrogens (tertiary/aromatic N) is 1. The second kappa shape index (κ2) is 6.00. The molecule has 0 saturated heterocycles. The summed E-state index contributed by atoms with van der Waals surface area (Å²) in [6, 6.07) is -0.718. The van der Waals surface area contributed by atoms with E-state index in [0.717, 1.165) is 10.6 Å². The summed E-state index contributed by atoms with van der Waals surface area (Å²) in [5, 5.41) is 13.8. The minimum Gasteiger partial charge on any atom is -0.481 e. The van der Waals surface area contributed by atoms with Gasteiger partial charge in [-0.05, 0) is 27.7 Å². The number of imide groups is 1. The average molecular weight is 299 g/mol. The molecule has 0 fully saturated rings. The molecule has 0 radical (unpaired) electrons. The SMILES string of the molecule is Cc1nc(NC(=O)NC(=O)CC(C)(C)C(=O)O)sc1C. The highest BCUT2D eigenvalue weighted by molar-refractivity contribution is 7.15. The Bertz CT molecular complexity index is 531. The van der Waals surface area contributed by atoms with Crippen LogP contribution in [0, 0.1) is 19.3 Å². The summed E-state index contributed by atoms with van der Waals surface area (Å²) in [7, 11) is 0. The van der Waals surface area contributed by atoms with Crippen molar-refractivity contribution in [3.05, 3.63) is 10.6 Å². The van der Waals surface area contributed by atoms with E-state index in [1.165, 1.54) is 25.2 Å². The van der Waals surface area contributed by atoms with Gasteiger partial charge in [0.15, 0.2) is 5.13 Å². The summed E-state index contributed by atoms with van der Waals surface area (Å²) in [6.07, 6.45) is -0.286. The number of thiazole rings is 1. The van der Waals surface area contributed by atoms with Gasteiger partial charge in [0.2, 0.25) is 5.91 Å². The molecule has 0 aliphatic heterocycles. The second-order valence-electron chi connectivity index (χ2n) is 5.03. The van der Waals surface area contributed by atoms with Gasteiger partial charge in [-0.3, -0.25) is 20.2 Å². The highest BCUT2D eigenvalue weighted by Gasteiger charge is 2.30. The van der Waals surface area contributed by atoms with Crippen LogP contribution < -0.4 is 10.6 Å². The van der Waals surface area contributed by atoms with Crippen LogP contribution in [-0.2, 0) is 9.59 Å². The minimum atomic E-state index is -1.22. The Hall–Kier alpha value is -1.96. The van der Waals surface area contributed by atoms with Crippen molar-refractivity contribution in [1.29, 1.82) is 0 Å². The van der Waals surface area contributed by atoms with E-state index in [2.05, 4.69) is 15.6 Å². The van der Waals surface area contributed by atoms with Gasteiger partial charge < -0.3 is 5.11 Å². The van der Waals surface area contributed by atoms with E-state index >= 15 is 0 Å². The summed E-state index contributed by atoms with van der Waals surface area (Å²) in [4.78, 5) is 39.1. The third kappa shape index (κ3) is 4.30. The molecule has 20 heavy (non-hydrogen) atoms. The summed E-state index contributed by atoms with van der Waals surface area (Å²) < 4.78 is 0. The molecule has 0 unspecified atom stereocenters. The van der Waals surface area contributed by atoms with Gasteiger partial charge in [0.1, 0.15) is 0 Å². The number of hydrogen-bond acceptors (Lipinski definition) is 5. The Morgan fingerprint density at radius 3 is 2.35 bits per heavy atom. The number of rotatable bonds is 4. The third-order valence-corrected chi connectivity index (χ3v) is 3.67. The number of aryl methyl sites for hydroxylation is 2. The first-order valence-corrected chi connectivity index (χ1v) is 6.72. The number of anilines is 1. The Balaban J connectivity index is 2.54. The van der Waals surface area contributed by atoms with Crippen LogP contribution in [0.4, 0.5) is 9.93 Å². The molecule has 0 saturated carbocycles. The number of aromatic nitrogens is 1. The van der Waals surface area contributed by atoms with Gasteiger partial charge in [-0.2, -0.15) is 0 Å². The Morgan fingerprint density at radius 2 is 1.90 bits per heavy atom. The Morgan fingerprint density at radius 1 is 1.30 bits per heavy atom. The smallest absolute Gasteiger partial charge is 0.327 e. The number of carboxylic acids is 1. The number of carbonyl (C=O) groups is 3. The molecule has 8 heteroatoms. The van der Waals surface area contributed by atoms with Crippen LogP contribution in [-0.4, -0.2) is 28.0 Å². The highest BCUT2D eigenvalue weighted by Crippen LogP contribution is 2.21. The molecule has 3 N–H and O–H groups in total. The highest BCUT2D eigenvalue weighted by atomic mass is 32.1. The molecule has 1 aromatic heterocycles. The molecule has 0 atom stereocenters. The number of urea groups is 1. The fourth-order valence-electron chi connectivity index (χ4n) is 1.30. The van der Waals surface area contributed by atoms with E-state index in [-0.39, 0.29) is 6.42 Å². The number of aliphatic carboxylic acids is 1. The number of amides is 3. The zero-order valence-electron chi connectivity index (χ0n) is 11.7. The van der Waals surface area contributed by atoms with Crippen LogP contribution in [0.2, 0.25) is 0 Å². The molecule has 0 aliphatic rings. The quantitative estimate of drug-likeness (QED) is 0.787. The monoisotopic (exact) mass is 299 g/mol. The summed E-state index contributed by atoms with van der Waals surface area (Å²) in [5.41, 5.74) is -0.415. The van der Waals surface area contributed by atoms with Crippen molar-refractivity contribution in [2.24, 2.45) is 5.41 Å². The largest absolute Gasteiger partial charge is 0.481 e. The molecule has 110 valence electrons. The fourth-order valence-corrected chi connectivity index (χ4v) is 2.11. The predicted octanol–water partition coefficient (Wildman–Crippen LogP) is 1.91. The molecule has 0 spiro atoms. The van der Waals surface area contributed by atoms with E-state index in [1.807, 2.05) is 13.8 Å². The predicted molar refractivity (Wildman–Crippen MR) is 74.8 cm³/mol. The van der Waals surface area contributed by atoms with Crippen LogP contribution >= 0.6 is 11.3 Å². The van der Waals surface area contributed by atoms with E-state index in [9.17, 15) is 14.4 Å². The topological polar surface area (TPSA) is 108 Å². The van der Waals surface area contributed by atoms with Crippen molar-refractivity contribution in [3.8, 4) is 0 Å². The van der Waals surface area contributed by atoms with Gasteiger partial charge >= 0.3 is 12.0 Å². The molecule has 0 aliphatic carbocycles. The van der Waals surface area contributed by atoms with Crippen LogP contribution in [0.3, 0.4) is 0 Å². The fraction of sp³-hybridized carbons (Fsp3) is 0.500. The lowest BCUT2D eigenvalue weighted by molar-refractivity contribution is -0.149. The molecule has 1 heterocycles. The minimum absolute atomic E-state index is 0.286. The van der Waals surface area contributed by atoms with E-state index in [0.29, 0.717) is 5.13 Å². The lowest BCUT2D eigenvalue weighted by Gasteiger charge is -2.17. The molecule has 7 nitrogen and oxygen atoms in total. The standard InChI is InChI=1S/C12H17N3O4S/c1-6-7(2)20-11(13-6)15-10(19)14-8(16)5-12(3,4)9(17)18/h5H2,1-4H3,(H,17,18)(H2,13,14,15,16,19). The zero-order valence-corrected chi connectivity index (χ0v) is 12.6. The molecule has 1 aromatic rings. The third-order valence-electron chi connectivity index (χ3n) is 2.68. The molecule has 0 aromatic carbocycles. The van der Waals surface area contributed by atoms with Crippen LogP contribution in [0.1, 0.15) is 30.8 Å². The summed E-state index contributed by atoms with van der Waals surface area (Å²) in [6.45, 7) is 6.52. The van der Waals surface area contributed by atoms with Gasteiger partial charge in [-0.1, -0.05) is 0 Å². The normalized spacial score (nSPS) is 11.0. The van der Waals surface area contributed by atoms with Gasteiger partial charge in [0.05, 0.1) is 11.1 Å². The lowest BCUT2D eigenvalue weighted by Crippen LogP contribution is -2.38. The summed E-state index contributed by atoms with van der Waals surface area (Å²) >= 11 is 1.30. The van der Waals surface area contributed by atoms with Gasteiger partial charge in [-0.25, -0.2) is 9.78 Å². The first-order valence-electron chi connectivity index (χ1n) is 5.90. The van der Waals surface area contributed by atoms with E-state index < -0.39 is 23.3 Å². The number of carboxylic acid groups (broad SMARTS) is 1. The van der Waals surface area contributed by atoms with Crippen molar-refractivity contribution in [1.82, 2.24) is 10.3 Å². The van der Waals surface area contributed by atoms with E-state index in [4.69, 9.17) is 5.11 Å². The van der Waals surface area contributed by atoms with Crippen molar-refractivity contribution < 1.29 is 19.5 Å². The maximum atomic E-state index is 11.6. The molecule has 0 bridgehead atoms. The lowest BCUT2D eigenvalue weighted by atomic mass is 9.89. The molecular formula is C12H17N3O4S. The van der Waals surface area contributed by atoms with Gasteiger partial charge in [0, 0.05) is 11.3 Å². The van der Waals surface area contributed by atoms with E-state index in [1.54, 1.807) is 0 Å². The molecule has 1 rings (SSSR count). The summed E-state index contributed by atoms with van der Waals surface area (Å²) in [5.74, 6) is -1.75. The molecule has 3 amide bonds. The Kier molecular flexibility index (Phi) is 4.83. The maximum absolute atomic E-state index is 11.6. The zero-order chi connectivity index (χ0) is 15.5. The average Bonchev–Trinajstić information content (AvgIpc) is 2.55. The van der Waals surface area contributed by atoms with Crippen LogP contribution in [0.15, 0.2) is 0 Å². The van der Waals surface area contributed by atoms with Gasteiger partial charge in [-0.15, -0.1) is 11.3 Å². The van der Waals surface area contributed by atoms with Crippen molar-refractivity contribution >= 4 is 34.4 Å². The van der Waals surface area contributed by atoms with Gasteiger partial charge in [0.25, 0.3) is 0 Å². The Labute approximate surface area is 120 Å². The first kappa shape index (κ1) is 16.1. The number of nitrogens with one attached hydrogen (secondary N) is 2. The van der Waals surface area contributed by atoms with Crippen LogP contribution in [0.25, 0.3) is 0 Å². The van der Waals surface area contributed by atoms with Crippen molar-refractivity contribution in [2.45, 2.75) is 34.1 Å². The van der Waals surface area contributed by atoms with Crippen LogP contribution in [0.5, 0.6) is 0 Å². The van der Waals surface area contributed by atoms with Crippen molar-refractivity contribution in [2.75, 3.05) is 5.32 Å². The number of carbonyl (C=O) groups excluding carboxylic acids is 2. The second-order valence-corrected chi connectivity index (χ2v) is 6.23. The maximum Gasteiger partial charge on any atom is 0.327 e. The number of hydrogen-bond donors (Lipinski definition) is 3. The molecular weight excluding hydrogens is 282 g/mol.